The van der Waals surface area contributed by atoms with E-state index in [9.17, 15) is 39.6 Å². The molecule has 1 heterocycles. The van der Waals surface area contributed by atoms with E-state index >= 15 is 0 Å². The Morgan fingerprint density at radius 1 is 1.07 bits per heavy atom. The Kier molecular flexibility index (Phi) is 6.78. The quantitative estimate of drug-likeness (QED) is 0.205. The van der Waals surface area contributed by atoms with Crippen LogP contribution in [0.4, 0.5) is 0 Å². The number of phenols is 1. The summed E-state index contributed by atoms with van der Waals surface area (Å²) in [5.41, 5.74) is 4.11. The number of likely N-dealkylation sites (N-methyl/N-ethyl adjacent to an activating group) is 1. The van der Waals surface area contributed by atoms with Gasteiger partial charge in [-0.1, -0.05) is 35.5 Å². The SMILES string of the molecule is CN(C)[C@@H]1C(O)=C(C(N)=O)C(=O)[C@@]2(O)C(O)=C3C(=O)c4c(O)ccc(-c5ccc(CC(=O)c6ccno6)cc5)c4C[C@H]3C[C@@H]12. The molecule has 6 N–H and O–H groups in total. The number of ketones is 3. The molecule has 12 heteroatoms. The predicted molar refractivity (Wildman–Crippen MR) is 154 cm³/mol. The van der Waals surface area contributed by atoms with Crippen molar-refractivity contribution in [3.63, 3.8) is 0 Å². The van der Waals surface area contributed by atoms with Crippen LogP contribution in [-0.4, -0.2) is 79.5 Å². The fourth-order valence-electron chi connectivity index (χ4n) is 6.96. The van der Waals surface area contributed by atoms with E-state index in [0.29, 0.717) is 16.7 Å². The molecule has 0 saturated carbocycles. The molecular formula is C32H29N3O9. The number of allylic oxidation sites excluding steroid dienone is 1. The molecule has 0 unspecified atom stereocenters. The molecule has 1 amide bonds. The third-order valence-corrected chi connectivity index (χ3v) is 8.95. The van der Waals surface area contributed by atoms with Crippen molar-refractivity contribution in [2.75, 3.05) is 14.1 Å². The van der Waals surface area contributed by atoms with Gasteiger partial charge in [0, 0.05) is 24.0 Å². The van der Waals surface area contributed by atoms with Crippen molar-refractivity contribution in [3.8, 4) is 16.9 Å². The molecule has 6 rings (SSSR count). The molecule has 0 saturated heterocycles. The van der Waals surface area contributed by atoms with Gasteiger partial charge in [0.05, 0.1) is 17.8 Å². The molecular weight excluding hydrogens is 570 g/mol. The Morgan fingerprint density at radius 3 is 2.39 bits per heavy atom. The van der Waals surface area contributed by atoms with Gasteiger partial charge in [-0.15, -0.1) is 0 Å². The number of nitrogens with two attached hydrogens (primary N) is 1. The zero-order valence-corrected chi connectivity index (χ0v) is 23.8. The summed E-state index contributed by atoms with van der Waals surface area (Å²) in [6.45, 7) is 0. The lowest BCUT2D eigenvalue weighted by molar-refractivity contribution is -0.148. The maximum absolute atomic E-state index is 14.0. The van der Waals surface area contributed by atoms with Crippen molar-refractivity contribution >= 4 is 23.3 Å². The number of Topliss-reactive ketones (excluding diaryl/α,β-unsaturated/α-hetero) is 3. The summed E-state index contributed by atoms with van der Waals surface area (Å²) in [6.07, 6.45) is 1.63. The zero-order valence-electron chi connectivity index (χ0n) is 23.8. The van der Waals surface area contributed by atoms with Crippen LogP contribution in [0.3, 0.4) is 0 Å². The molecule has 12 nitrogen and oxygen atoms in total. The topological polar surface area (TPSA) is 204 Å². The molecule has 0 aliphatic heterocycles. The number of rotatable bonds is 6. The predicted octanol–water partition coefficient (Wildman–Crippen LogP) is 2.20. The van der Waals surface area contributed by atoms with Gasteiger partial charge in [-0.05, 0) is 61.2 Å². The second kappa shape index (κ2) is 10.3. The average molecular weight is 600 g/mol. The summed E-state index contributed by atoms with van der Waals surface area (Å²) >= 11 is 0. The van der Waals surface area contributed by atoms with Gasteiger partial charge in [-0.2, -0.15) is 0 Å². The number of hydrogen-bond donors (Lipinski definition) is 5. The van der Waals surface area contributed by atoms with E-state index in [2.05, 4.69) is 5.16 Å². The summed E-state index contributed by atoms with van der Waals surface area (Å²) in [5, 5.41) is 48.5. The van der Waals surface area contributed by atoms with Gasteiger partial charge < -0.3 is 30.7 Å². The lowest BCUT2D eigenvalue weighted by Crippen LogP contribution is -2.63. The van der Waals surface area contributed by atoms with Crippen molar-refractivity contribution < 1.29 is 44.1 Å². The van der Waals surface area contributed by atoms with Gasteiger partial charge >= 0.3 is 0 Å². The number of carbonyl (C=O) groups is 4. The Bertz CT molecular complexity index is 1800. The Labute approximate surface area is 250 Å². The highest BCUT2D eigenvalue weighted by Crippen LogP contribution is 2.53. The summed E-state index contributed by atoms with van der Waals surface area (Å²) in [5.74, 6) is -7.09. The van der Waals surface area contributed by atoms with Crippen LogP contribution in [0.25, 0.3) is 11.1 Å². The standard InChI is InChI=1S/C32H29N3O9/c1-35(2)26-19-13-16-12-18-17(15-5-3-14(4-6-15)11-21(37)22-9-10-34-44-22)7-8-20(36)24(18)27(38)23(16)29(40)32(19,43)30(41)25(28(26)39)31(33)42/h3-10,16,19,26,36,39-40,43H,11-13H2,1-2H3,(H2,33,42)/t16-,19-,26-,32-/m0/s1. The van der Waals surface area contributed by atoms with E-state index in [0.717, 1.165) is 5.56 Å². The van der Waals surface area contributed by atoms with Crippen LogP contribution < -0.4 is 5.73 Å². The number of aromatic hydroxyl groups is 1. The number of aromatic nitrogens is 1. The first-order valence-corrected chi connectivity index (χ1v) is 13.9. The highest BCUT2D eigenvalue weighted by molar-refractivity contribution is 6.25. The minimum absolute atomic E-state index is 0.0104. The summed E-state index contributed by atoms with van der Waals surface area (Å²) in [6, 6.07) is 10.6. The fraction of sp³-hybridized carbons (Fsp3) is 0.281. The maximum atomic E-state index is 14.0. The van der Waals surface area contributed by atoms with Crippen LogP contribution in [0.15, 0.2) is 75.8 Å². The average Bonchev–Trinajstić information content (AvgIpc) is 3.51. The lowest BCUT2D eigenvalue weighted by Gasteiger charge is -2.50. The maximum Gasteiger partial charge on any atom is 0.255 e. The third kappa shape index (κ3) is 4.17. The van der Waals surface area contributed by atoms with Gasteiger partial charge in [-0.3, -0.25) is 24.1 Å². The Hall–Kier alpha value is -5.07. The van der Waals surface area contributed by atoms with Crippen LogP contribution >= 0.6 is 0 Å². The van der Waals surface area contributed by atoms with Crippen molar-refractivity contribution in [3.05, 3.63) is 93.8 Å². The smallest absolute Gasteiger partial charge is 0.255 e. The van der Waals surface area contributed by atoms with Crippen LogP contribution in [0.2, 0.25) is 0 Å². The number of benzene rings is 2. The van der Waals surface area contributed by atoms with Gasteiger partial charge in [-0.25, -0.2) is 0 Å². The van der Waals surface area contributed by atoms with Crippen LogP contribution in [0.5, 0.6) is 5.75 Å². The number of nitrogens with zero attached hydrogens (tertiary/aromatic N) is 2. The highest BCUT2D eigenvalue weighted by Gasteiger charge is 2.63. The molecule has 3 aliphatic carbocycles. The number of phenolic OH excluding ortho intramolecular Hbond substituents is 1. The van der Waals surface area contributed by atoms with Gasteiger partial charge in [0.15, 0.2) is 11.4 Å². The second-order valence-electron chi connectivity index (χ2n) is 11.6. The van der Waals surface area contributed by atoms with E-state index < -0.39 is 58.0 Å². The van der Waals surface area contributed by atoms with Crippen molar-refractivity contribution in [1.82, 2.24) is 10.1 Å². The molecule has 0 fully saturated rings. The first-order chi connectivity index (χ1) is 20.9. The highest BCUT2D eigenvalue weighted by atomic mass is 16.5. The molecule has 0 spiro atoms. The second-order valence-corrected chi connectivity index (χ2v) is 11.6. The molecule has 0 radical (unpaired) electrons. The summed E-state index contributed by atoms with van der Waals surface area (Å²) < 4.78 is 4.93. The van der Waals surface area contributed by atoms with Gasteiger partial charge in [0.2, 0.25) is 17.3 Å². The number of amides is 1. The molecule has 2 aromatic carbocycles. The normalized spacial score (nSPS) is 24.7. The Balaban J connectivity index is 1.41. The molecule has 226 valence electrons. The zero-order chi connectivity index (χ0) is 31.7. The molecule has 4 atom stereocenters. The van der Waals surface area contributed by atoms with Crippen LogP contribution in [-0.2, 0) is 22.4 Å². The molecule has 44 heavy (non-hydrogen) atoms. The van der Waals surface area contributed by atoms with Crippen molar-refractivity contribution in [2.45, 2.75) is 30.9 Å². The molecule has 0 bridgehead atoms. The van der Waals surface area contributed by atoms with Crippen LogP contribution in [0.1, 0.15) is 38.5 Å². The van der Waals surface area contributed by atoms with E-state index in [4.69, 9.17) is 10.3 Å². The number of aliphatic hydroxyl groups is 3. The minimum Gasteiger partial charge on any atom is -0.510 e. The number of aliphatic hydroxyl groups excluding tert-OH is 2. The van der Waals surface area contributed by atoms with E-state index in [1.54, 1.807) is 44.4 Å². The van der Waals surface area contributed by atoms with Gasteiger partial charge in [0.1, 0.15) is 22.8 Å². The first kappa shape index (κ1) is 29.0. The first-order valence-electron chi connectivity index (χ1n) is 13.9. The van der Waals surface area contributed by atoms with E-state index in [1.165, 1.54) is 23.2 Å². The monoisotopic (exact) mass is 599 g/mol. The molecule has 3 aliphatic rings. The van der Waals surface area contributed by atoms with Crippen LogP contribution in [0, 0.1) is 11.8 Å². The fourth-order valence-corrected chi connectivity index (χ4v) is 6.96. The van der Waals surface area contributed by atoms with Gasteiger partial charge in [0.25, 0.3) is 5.91 Å². The largest absolute Gasteiger partial charge is 0.510 e. The number of fused-ring (bicyclic) bond motifs is 3. The lowest BCUT2D eigenvalue weighted by atomic mass is 9.58. The molecule has 1 aromatic heterocycles. The minimum atomic E-state index is -2.70. The summed E-state index contributed by atoms with van der Waals surface area (Å²) in [4.78, 5) is 53.5. The molecule has 3 aromatic rings. The Morgan fingerprint density at radius 2 is 1.77 bits per heavy atom. The third-order valence-electron chi connectivity index (χ3n) is 8.95. The van der Waals surface area contributed by atoms with E-state index in [-0.39, 0.29) is 47.7 Å². The number of carbonyl (C=O) groups excluding carboxylic acids is 4. The number of primary amides is 1. The van der Waals surface area contributed by atoms with Crippen molar-refractivity contribution in [1.29, 1.82) is 0 Å². The number of hydrogen-bond acceptors (Lipinski definition) is 11. The summed E-state index contributed by atoms with van der Waals surface area (Å²) in [7, 11) is 3.15. The van der Waals surface area contributed by atoms with E-state index in [1.807, 2.05) is 0 Å². The van der Waals surface area contributed by atoms with Crippen molar-refractivity contribution in [2.24, 2.45) is 17.6 Å².